The molecule has 3 N–H and O–H groups in total. The zero-order valence-corrected chi connectivity index (χ0v) is 12.1. The van der Waals surface area contributed by atoms with Gasteiger partial charge in [-0.25, -0.2) is 4.79 Å². The Kier molecular flexibility index (Phi) is 3.35. The number of carboxylic acid groups (broad SMARTS) is 1. The van der Waals surface area contributed by atoms with Crippen molar-refractivity contribution in [2.75, 3.05) is 17.2 Å². The van der Waals surface area contributed by atoms with Crippen LogP contribution in [0, 0.1) is 17.8 Å². The van der Waals surface area contributed by atoms with Gasteiger partial charge in [-0.15, -0.1) is 0 Å². The van der Waals surface area contributed by atoms with Crippen molar-refractivity contribution in [3.8, 4) is 0 Å². The normalized spacial score (nSPS) is 26.2. The molecule has 0 spiro atoms. The summed E-state index contributed by atoms with van der Waals surface area (Å²) < 4.78 is 0. The molecule has 0 aromatic heterocycles. The average Bonchev–Trinajstić information content (AvgIpc) is 3.07. The van der Waals surface area contributed by atoms with E-state index in [-0.39, 0.29) is 17.4 Å². The van der Waals surface area contributed by atoms with Gasteiger partial charge in [0.2, 0.25) is 5.91 Å². The summed E-state index contributed by atoms with van der Waals surface area (Å²) in [6, 6.07) is 4.55. The Balaban J connectivity index is 1.82. The zero-order valence-electron chi connectivity index (χ0n) is 12.1. The molecule has 0 radical (unpaired) electrons. The Hall–Kier alpha value is -2.04. The fraction of sp³-hybridized carbons (Fsp3) is 0.500. The molecule has 3 rings (SSSR count). The van der Waals surface area contributed by atoms with Crippen LogP contribution in [0.4, 0.5) is 11.4 Å². The molecule has 0 bridgehead atoms. The zero-order chi connectivity index (χ0) is 15.1. The number of amides is 1. The smallest absolute Gasteiger partial charge is 0.335 e. The van der Waals surface area contributed by atoms with Crippen molar-refractivity contribution in [1.29, 1.82) is 0 Å². The second-order valence-electron chi connectivity index (χ2n) is 6.09. The lowest BCUT2D eigenvalue weighted by Crippen LogP contribution is -2.36. The molecule has 5 nitrogen and oxygen atoms in total. The highest BCUT2D eigenvalue weighted by Gasteiger charge is 2.48. The molecule has 2 saturated carbocycles. The molecule has 1 aromatic carbocycles. The molecular formula is C16H20N2O3. The molecule has 21 heavy (non-hydrogen) atoms. The maximum Gasteiger partial charge on any atom is 0.335 e. The highest BCUT2D eigenvalue weighted by Crippen LogP contribution is 2.54. The Bertz CT molecular complexity index is 589. The Morgan fingerprint density at radius 1 is 1.29 bits per heavy atom. The van der Waals surface area contributed by atoms with Crippen LogP contribution < -0.4 is 10.6 Å². The monoisotopic (exact) mass is 288 g/mol. The number of fused-ring (bicyclic) bond motifs is 1. The van der Waals surface area contributed by atoms with E-state index >= 15 is 0 Å². The molecule has 2 atom stereocenters. The maximum absolute atomic E-state index is 12.7. The largest absolute Gasteiger partial charge is 0.478 e. The van der Waals surface area contributed by atoms with Crippen molar-refractivity contribution >= 4 is 23.3 Å². The molecule has 1 amide bonds. The lowest BCUT2D eigenvalue weighted by atomic mass is 10.0. The summed E-state index contributed by atoms with van der Waals surface area (Å²) in [5, 5.41) is 8.98. The minimum absolute atomic E-state index is 0.104. The summed E-state index contributed by atoms with van der Waals surface area (Å²) in [5.41, 5.74) is 7.05. The van der Waals surface area contributed by atoms with E-state index < -0.39 is 5.97 Å². The van der Waals surface area contributed by atoms with Gasteiger partial charge in [0.15, 0.2) is 0 Å². The quantitative estimate of drug-likeness (QED) is 0.833. The van der Waals surface area contributed by atoms with Crippen molar-refractivity contribution in [3.63, 3.8) is 0 Å². The van der Waals surface area contributed by atoms with E-state index in [0.717, 1.165) is 24.7 Å². The first kappa shape index (κ1) is 13.9. The molecule has 5 heteroatoms. The van der Waals surface area contributed by atoms with E-state index in [0.29, 0.717) is 17.9 Å². The van der Waals surface area contributed by atoms with Crippen molar-refractivity contribution in [2.45, 2.75) is 26.2 Å². The second kappa shape index (κ2) is 5.06. The summed E-state index contributed by atoms with van der Waals surface area (Å²) in [5.74, 6) is 0.721. The molecule has 2 aliphatic carbocycles. The number of carbonyl (C=O) groups is 2. The number of benzene rings is 1. The van der Waals surface area contributed by atoms with Crippen LogP contribution in [-0.4, -0.2) is 23.5 Å². The van der Waals surface area contributed by atoms with Crippen LogP contribution in [0.3, 0.4) is 0 Å². The minimum Gasteiger partial charge on any atom is -0.478 e. The van der Waals surface area contributed by atoms with Gasteiger partial charge in [0.1, 0.15) is 0 Å². The second-order valence-corrected chi connectivity index (χ2v) is 6.09. The molecule has 2 unspecified atom stereocenters. The maximum atomic E-state index is 12.7. The third kappa shape index (κ3) is 2.48. The number of carboxylic acids is 1. The molecule has 1 aromatic rings. The fourth-order valence-corrected chi connectivity index (χ4v) is 3.52. The van der Waals surface area contributed by atoms with Crippen molar-refractivity contribution in [2.24, 2.45) is 17.8 Å². The molecule has 2 aliphatic rings. The van der Waals surface area contributed by atoms with E-state index in [1.165, 1.54) is 18.6 Å². The minimum atomic E-state index is -1.02. The van der Waals surface area contributed by atoms with E-state index in [2.05, 4.69) is 0 Å². The van der Waals surface area contributed by atoms with Crippen molar-refractivity contribution in [1.82, 2.24) is 0 Å². The van der Waals surface area contributed by atoms with Crippen LogP contribution >= 0.6 is 0 Å². The van der Waals surface area contributed by atoms with Gasteiger partial charge in [0.25, 0.3) is 0 Å². The van der Waals surface area contributed by atoms with Gasteiger partial charge in [-0.05, 0) is 56.2 Å². The van der Waals surface area contributed by atoms with E-state index in [4.69, 9.17) is 10.8 Å². The van der Waals surface area contributed by atoms with E-state index in [1.807, 2.05) is 6.92 Å². The number of hydrogen-bond acceptors (Lipinski definition) is 3. The van der Waals surface area contributed by atoms with Gasteiger partial charge in [-0.2, -0.15) is 0 Å². The van der Waals surface area contributed by atoms with Crippen molar-refractivity contribution < 1.29 is 14.7 Å². The van der Waals surface area contributed by atoms with Gasteiger partial charge in [0.05, 0.1) is 16.9 Å². The summed E-state index contributed by atoms with van der Waals surface area (Å²) in [6.45, 7) is 2.46. The Morgan fingerprint density at radius 2 is 1.95 bits per heavy atom. The average molecular weight is 288 g/mol. The number of hydrogen-bond donors (Lipinski definition) is 2. The van der Waals surface area contributed by atoms with Crippen LogP contribution in [0.25, 0.3) is 0 Å². The highest BCUT2D eigenvalue weighted by molar-refractivity contribution is 5.99. The predicted molar refractivity (Wildman–Crippen MR) is 80.2 cm³/mol. The molecule has 0 heterocycles. The van der Waals surface area contributed by atoms with Crippen molar-refractivity contribution in [3.05, 3.63) is 23.8 Å². The predicted octanol–water partition coefficient (Wildman–Crippen LogP) is 2.37. The number of nitrogens with zero attached hydrogens (tertiary/aromatic N) is 1. The number of anilines is 2. The summed E-state index contributed by atoms with van der Waals surface area (Å²) in [6.07, 6.45) is 3.27. The lowest BCUT2D eigenvalue weighted by molar-refractivity contribution is -0.122. The number of carbonyl (C=O) groups excluding carboxylic acids is 1. The lowest BCUT2D eigenvalue weighted by Gasteiger charge is -2.26. The van der Waals surface area contributed by atoms with Gasteiger partial charge >= 0.3 is 5.97 Å². The third-order valence-electron chi connectivity index (χ3n) is 4.74. The standard InChI is InChI=1S/C16H20N2O3/c1-2-18(15(19)12-6-10-5-11(10)7-12)14-4-3-9(16(20)21)8-13(14)17/h3-4,8,10-12H,2,5-7,17H2,1H3,(H,20,21). The highest BCUT2D eigenvalue weighted by atomic mass is 16.4. The number of nitrogen functional groups attached to an aromatic ring is 1. The SMILES string of the molecule is CCN(C(=O)C1CC2CC2C1)c1ccc(C(=O)O)cc1N. The molecule has 112 valence electrons. The fourth-order valence-electron chi connectivity index (χ4n) is 3.52. The number of aromatic carboxylic acids is 1. The summed E-state index contributed by atoms with van der Waals surface area (Å²) >= 11 is 0. The van der Waals surface area contributed by atoms with E-state index in [9.17, 15) is 9.59 Å². The van der Waals surface area contributed by atoms with Gasteiger partial charge < -0.3 is 15.7 Å². The van der Waals surface area contributed by atoms with E-state index in [1.54, 1.807) is 11.0 Å². The number of nitrogens with two attached hydrogens (primary N) is 1. The third-order valence-corrected chi connectivity index (χ3v) is 4.74. The number of rotatable bonds is 4. The van der Waals surface area contributed by atoms with Crippen LogP contribution in [0.5, 0.6) is 0 Å². The molecule has 0 saturated heterocycles. The van der Waals surface area contributed by atoms with Crippen LogP contribution in [-0.2, 0) is 4.79 Å². The van der Waals surface area contributed by atoms with Gasteiger partial charge in [0, 0.05) is 12.5 Å². The summed E-state index contributed by atoms with van der Waals surface area (Å²) in [7, 11) is 0. The van der Waals surface area contributed by atoms with Gasteiger partial charge in [-0.1, -0.05) is 0 Å². The Labute approximate surface area is 123 Å². The Morgan fingerprint density at radius 3 is 2.48 bits per heavy atom. The topological polar surface area (TPSA) is 83.6 Å². The summed E-state index contributed by atoms with van der Waals surface area (Å²) in [4.78, 5) is 25.3. The molecular weight excluding hydrogens is 268 g/mol. The van der Waals surface area contributed by atoms with Crippen LogP contribution in [0.2, 0.25) is 0 Å². The first-order chi connectivity index (χ1) is 10.0. The van der Waals surface area contributed by atoms with Gasteiger partial charge in [-0.3, -0.25) is 4.79 Å². The first-order valence-corrected chi connectivity index (χ1v) is 7.45. The molecule has 0 aliphatic heterocycles. The van der Waals surface area contributed by atoms with Crippen LogP contribution in [0.1, 0.15) is 36.5 Å². The molecule has 2 fully saturated rings. The van der Waals surface area contributed by atoms with Crippen LogP contribution in [0.15, 0.2) is 18.2 Å². The first-order valence-electron chi connectivity index (χ1n) is 7.45.